The molecule has 0 atom stereocenters. The molecule has 4 rings (SSSR count). The summed E-state index contributed by atoms with van der Waals surface area (Å²) >= 11 is 1.54. The van der Waals surface area contributed by atoms with Crippen LogP contribution >= 0.6 is 11.8 Å². The number of thioether (sulfide) groups is 1. The number of hydrogen-bond acceptors (Lipinski definition) is 7. The molecular formula is C21H21N5O2S. The summed E-state index contributed by atoms with van der Waals surface area (Å²) in [4.78, 5) is 0. The fraction of sp³-hybridized carbons (Fsp3) is 0.238. The van der Waals surface area contributed by atoms with Crippen molar-refractivity contribution in [1.29, 1.82) is 0 Å². The maximum atomic E-state index is 5.83. The second kappa shape index (κ2) is 8.91. The second-order valence-electron chi connectivity index (χ2n) is 6.30. The van der Waals surface area contributed by atoms with E-state index in [4.69, 9.17) is 9.15 Å². The van der Waals surface area contributed by atoms with Crippen LogP contribution in [0, 0.1) is 0 Å². The van der Waals surface area contributed by atoms with E-state index in [1.165, 1.54) is 17.3 Å². The topological polar surface area (TPSA) is 78.9 Å². The van der Waals surface area contributed by atoms with Crippen LogP contribution in [0.15, 0.2) is 64.2 Å². The van der Waals surface area contributed by atoms with Crippen LogP contribution in [-0.2, 0) is 18.7 Å². The van der Waals surface area contributed by atoms with Gasteiger partial charge in [-0.05, 0) is 24.6 Å². The van der Waals surface area contributed by atoms with Gasteiger partial charge in [0.2, 0.25) is 5.89 Å². The van der Waals surface area contributed by atoms with Crippen LogP contribution in [0.25, 0.3) is 11.5 Å². The number of benzene rings is 2. The molecular weight excluding hydrogens is 386 g/mol. The van der Waals surface area contributed by atoms with Gasteiger partial charge < -0.3 is 13.7 Å². The normalized spacial score (nSPS) is 11.0. The number of methoxy groups -OCH3 is 1. The molecule has 2 aromatic heterocycles. The van der Waals surface area contributed by atoms with Gasteiger partial charge in [0.1, 0.15) is 11.6 Å². The van der Waals surface area contributed by atoms with Crippen molar-refractivity contribution in [3.8, 4) is 17.2 Å². The van der Waals surface area contributed by atoms with Gasteiger partial charge in [-0.1, -0.05) is 54.2 Å². The van der Waals surface area contributed by atoms with Crippen molar-refractivity contribution in [2.45, 2.75) is 30.8 Å². The van der Waals surface area contributed by atoms with E-state index in [2.05, 4.69) is 44.0 Å². The van der Waals surface area contributed by atoms with Gasteiger partial charge in [-0.25, -0.2) is 0 Å². The first-order valence-electron chi connectivity index (χ1n) is 9.33. The fourth-order valence-corrected chi connectivity index (χ4v) is 3.88. The van der Waals surface area contributed by atoms with Crippen molar-refractivity contribution in [2.24, 2.45) is 0 Å². The summed E-state index contributed by atoms with van der Waals surface area (Å²) in [6.45, 7) is 2.89. The summed E-state index contributed by atoms with van der Waals surface area (Å²) in [5.74, 6) is 3.14. The van der Waals surface area contributed by atoms with E-state index in [9.17, 15) is 0 Å². The summed E-state index contributed by atoms with van der Waals surface area (Å²) in [7, 11) is 1.62. The van der Waals surface area contributed by atoms with E-state index in [0.29, 0.717) is 23.3 Å². The molecule has 0 radical (unpaired) electrons. The molecule has 0 saturated carbocycles. The molecule has 4 aromatic rings. The van der Waals surface area contributed by atoms with Gasteiger partial charge in [0, 0.05) is 13.0 Å². The Morgan fingerprint density at radius 2 is 1.76 bits per heavy atom. The molecule has 8 heteroatoms. The largest absolute Gasteiger partial charge is 0.496 e. The molecule has 2 aromatic carbocycles. The Morgan fingerprint density at radius 1 is 0.966 bits per heavy atom. The van der Waals surface area contributed by atoms with Crippen LogP contribution in [0.5, 0.6) is 5.75 Å². The maximum absolute atomic E-state index is 5.83. The van der Waals surface area contributed by atoms with Gasteiger partial charge >= 0.3 is 0 Å². The van der Waals surface area contributed by atoms with Crippen LogP contribution in [0.1, 0.15) is 24.2 Å². The minimum Gasteiger partial charge on any atom is -0.496 e. The monoisotopic (exact) mass is 407 g/mol. The molecule has 0 unspecified atom stereocenters. The van der Waals surface area contributed by atoms with Crippen molar-refractivity contribution in [2.75, 3.05) is 7.11 Å². The van der Waals surface area contributed by atoms with Gasteiger partial charge in [-0.15, -0.1) is 20.4 Å². The van der Waals surface area contributed by atoms with Crippen molar-refractivity contribution in [3.05, 3.63) is 71.9 Å². The smallest absolute Gasteiger partial charge is 0.251 e. The highest BCUT2D eigenvalue weighted by Gasteiger charge is 2.16. The zero-order valence-electron chi connectivity index (χ0n) is 16.3. The van der Waals surface area contributed by atoms with Gasteiger partial charge in [0.25, 0.3) is 5.89 Å². The Bertz CT molecular complexity index is 1080. The third-order valence-electron chi connectivity index (χ3n) is 4.44. The summed E-state index contributed by atoms with van der Waals surface area (Å²) in [5, 5.41) is 17.9. The van der Waals surface area contributed by atoms with Crippen LogP contribution in [0.4, 0.5) is 0 Å². The molecule has 0 amide bonds. The second-order valence-corrected chi connectivity index (χ2v) is 7.24. The average Bonchev–Trinajstić information content (AvgIpc) is 3.39. The van der Waals surface area contributed by atoms with Crippen molar-refractivity contribution in [1.82, 2.24) is 25.0 Å². The number of aromatic nitrogens is 5. The lowest BCUT2D eigenvalue weighted by atomic mass is 10.1. The number of ether oxygens (including phenoxy) is 1. The zero-order chi connectivity index (χ0) is 20.1. The molecule has 0 saturated heterocycles. The molecule has 0 fully saturated rings. The van der Waals surface area contributed by atoms with E-state index in [1.54, 1.807) is 7.11 Å². The molecule has 0 aliphatic heterocycles. The summed E-state index contributed by atoms with van der Waals surface area (Å²) < 4.78 is 13.3. The lowest BCUT2D eigenvalue weighted by Gasteiger charge is -2.06. The third kappa shape index (κ3) is 4.32. The first kappa shape index (κ1) is 19.2. The van der Waals surface area contributed by atoms with Crippen LogP contribution in [-0.4, -0.2) is 32.1 Å². The van der Waals surface area contributed by atoms with Gasteiger partial charge in [-0.2, -0.15) is 0 Å². The molecule has 148 valence electrons. The molecule has 0 spiro atoms. The standard InChI is InChI=1S/C21H21N5O2S/c1-3-26-18(13-15-9-5-4-6-10-15)22-25-21(26)29-14-19-23-24-20(28-19)16-11-7-8-12-17(16)27-2/h4-12H,3,13-14H2,1-2H3. The van der Waals surface area contributed by atoms with Crippen molar-refractivity contribution < 1.29 is 9.15 Å². The average molecular weight is 407 g/mol. The number of rotatable bonds is 8. The lowest BCUT2D eigenvalue weighted by Crippen LogP contribution is -2.04. The first-order chi connectivity index (χ1) is 14.3. The van der Waals surface area contributed by atoms with Gasteiger partial charge in [0.05, 0.1) is 18.4 Å². The Balaban J connectivity index is 1.46. The van der Waals surface area contributed by atoms with E-state index in [0.717, 1.165) is 29.5 Å². The van der Waals surface area contributed by atoms with E-state index in [-0.39, 0.29) is 0 Å². The molecule has 2 heterocycles. The summed E-state index contributed by atoms with van der Waals surface area (Å²) in [6, 6.07) is 17.9. The zero-order valence-corrected chi connectivity index (χ0v) is 17.1. The van der Waals surface area contributed by atoms with Crippen LogP contribution in [0.2, 0.25) is 0 Å². The third-order valence-corrected chi connectivity index (χ3v) is 5.40. The molecule has 0 N–H and O–H groups in total. The lowest BCUT2D eigenvalue weighted by molar-refractivity contribution is 0.414. The highest BCUT2D eigenvalue weighted by molar-refractivity contribution is 7.98. The minimum atomic E-state index is 0.444. The Morgan fingerprint density at radius 3 is 2.55 bits per heavy atom. The van der Waals surface area contributed by atoms with E-state index < -0.39 is 0 Å². The predicted octanol–water partition coefficient (Wildman–Crippen LogP) is 4.24. The molecule has 0 bridgehead atoms. The van der Waals surface area contributed by atoms with E-state index in [1.807, 2.05) is 42.5 Å². The SMILES string of the molecule is CCn1c(Cc2ccccc2)nnc1SCc1nnc(-c2ccccc2OC)o1. The van der Waals surface area contributed by atoms with Gasteiger partial charge in [-0.3, -0.25) is 0 Å². The Kier molecular flexibility index (Phi) is 5.90. The van der Waals surface area contributed by atoms with Crippen molar-refractivity contribution >= 4 is 11.8 Å². The molecule has 0 aliphatic carbocycles. The number of para-hydroxylation sites is 1. The Hall–Kier alpha value is -3.13. The molecule has 0 aliphatic rings. The number of nitrogens with zero attached hydrogens (tertiary/aromatic N) is 5. The van der Waals surface area contributed by atoms with Crippen LogP contribution in [0.3, 0.4) is 0 Å². The molecule has 29 heavy (non-hydrogen) atoms. The summed E-state index contributed by atoms with van der Waals surface area (Å²) in [6.07, 6.45) is 0.751. The highest BCUT2D eigenvalue weighted by atomic mass is 32.2. The minimum absolute atomic E-state index is 0.444. The van der Waals surface area contributed by atoms with Gasteiger partial charge in [0.15, 0.2) is 5.16 Å². The van der Waals surface area contributed by atoms with E-state index >= 15 is 0 Å². The number of hydrogen-bond donors (Lipinski definition) is 0. The van der Waals surface area contributed by atoms with Crippen LogP contribution < -0.4 is 4.74 Å². The predicted molar refractivity (Wildman–Crippen MR) is 111 cm³/mol. The van der Waals surface area contributed by atoms with Crippen molar-refractivity contribution in [3.63, 3.8) is 0 Å². The quantitative estimate of drug-likeness (QED) is 0.404. The highest BCUT2D eigenvalue weighted by Crippen LogP contribution is 2.30. The first-order valence-corrected chi connectivity index (χ1v) is 10.3. The Labute approximate surface area is 173 Å². The maximum Gasteiger partial charge on any atom is 0.251 e. The molecule has 7 nitrogen and oxygen atoms in total. The summed E-state index contributed by atoms with van der Waals surface area (Å²) in [5.41, 5.74) is 1.99. The fourth-order valence-electron chi connectivity index (χ4n) is 3.02.